The first kappa shape index (κ1) is 20.3. The second-order valence-electron chi connectivity index (χ2n) is 4.24. The lowest BCUT2D eigenvalue weighted by Gasteiger charge is -2.09. The first-order valence-corrected chi connectivity index (χ1v) is 6.64. The van der Waals surface area contributed by atoms with Gasteiger partial charge < -0.3 is 25.1 Å². The normalized spacial score (nSPS) is 16.3. The van der Waals surface area contributed by atoms with Crippen molar-refractivity contribution in [3.63, 3.8) is 0 Å². The lowest BCUT2D eigenvalue weighted by molar-refractivity contribution is -0.757. The highest BCUT2D eigenvalue weighted by atomic mass is 16.9. The molecule has 1 fully saturated rings. The molecule has 0 radical (unpaired) electrons. The van der Waals surface area contributed by atoms with Crippen LogP contribution in [0.3, 0.4) is 0 Å². The van der Waals surface area contributed by atoms with Crippen molar-refractivity contribution < 1.29 is 39.3 Å². The van der Waals surface area contributed by atoms with Crippen molar-refractivity contribution in [1.29, 1.82) is 0 Å². The Morgan fingerprint density at radius 1 is 1.22 bits per heavy atom. The van der Waals surface area contributed by atoms with Crippen LogP contribution in [0.5, 0.6) is 0 Å². The van der Waals surface area contributed by atoms with Crippen molar-refractivity contribution in [2.24, 2.45) is 0 Å². The molecule has 1 aliphatic heterocycles. The Morgan fingerprint density at radius 3 is 2.26 bits per heavy atom. The molecule has 0 spiro atoms. The summed E-state index contributed by atoms with van der Waals surface area (Å²) in [7, 11) is 0. The molecule has 0 aromatic carbocycles. The first-order valence-electron chi connectivity index (χ1n) is 6.64. The van der Waals surface area contributed by atoms with E-state index in [-0.39, 0.29) is 25.2 Å². The van der Waals surface area contributed by atoms with Crippen molar-refractivity contribution >= 4 is 17.9 Å². The number of aliphatic carboxylic acids is 2. The molecule has 11 heteroatoms. The van der Waals surface area contributed by atoms with E-state index in [0.717, 1.165) is 19.4 Å². The highest BCUT2D eigenvalue weighted by Gasteiger charge is 2.22. The number of nitrogens with one attached hydrogen (secondary N) is 1. The van der Waals surface area contributed by atoms with E-state index in [0.29, 0.717) is 18.6 Å². The summed E-state index contributed by atoms with van der Waals surface area (Å²) in [6, 6.07) is -0.207. The van der Waals surface area contributed by atoms with Crippen LogP contribution in [0.2, 0.25) is 0 Å². The van der Waals surface area contributed by atoms with Gasteiger partial charge >= 0.3 is 17.9 Å². The Bertz CT molecular complexity index is 428. The molecule has 0 aromatic heterocycles. The van der Waals surface area contributed by atoms with Crippen LogP contribution in [0.4, 0.5) is 0 Å². The monoisotopic (exact) mass is 334 g/mol. The van der Waals surface area contributed by atoms with E-state index in [2.05, 4.69) is 10.2 Å². The maximum atomic E-state index is 11.3. The topological polar surface area (TPSA) is 165 Å². The lowest BCUT2D eigenvalue weighted by Crippen LogP contribution is -2.32. The van der Waals surface area contributed by atoms with Gasteiger partial charge in [0.1, 0.15) is 6.04 Å². The van der Waals surface area contributed by atoms with Gasteiger partial charge in [-0.1, -0.05) is 0 Å². The Balaban J connectivity index is 0.000000515. The highest BCUT2D eigenvalue weighted by molar-refractivity contribution is 5.89. The van der Waals surface area contributed by atoms with Crippen LogP contribution < -0.4 is 5.32 Å². The summed E-state index contributed by atoms with van der Waals surface area (Å²) in [6.07, 6.45) is 3.22. The third kappa shape index (κ3) is 12.7. The summed E-state index contributed by atoms with van der Waals surface area (Å²) in [5.41, 5.74) is 0. The second-order valence-corrected chi connectivity index (χ2v) is 4.24. The molecule has 130 valence electrons. The van der Waals surface area contributed by atoms with E-state index >= 15 is 0 Å². The summed E-state index contributed by atoms with van der Waals surface area (Å²) < 4.78 is 4.90. The van der Waals surface area contributed by atoms with Crippen LogP contribution in [0, 0.1) is 10.1 Å². The molecule has 1 saturated heterocycles. The molecule has 23 heavy (non-hydrogen) atoms. The van der Waals surface area contributed by atoms with Gasteiger partial charge in [0.05, 0.1) is 13.2 Å². The Hall–Kier alpha value is -2.69. The molecule has 11 nitrogen and oxygen atoms in total. The van der Waals surface area contributed by atoms with Gasteiger partial charge in [0.25, 0.3) is 5.09 Å². The van der Waals surface area contributed by atoms with E-state index in [9.17, 15) is 24.5 Å². The van der Waals surface area contributed by atoms with Gasteiger partial charge in [-0.15, -0.1) is 10.1 Å². The molecular formula is C12H18N2O9. The van der Waals surface area contributed by atoms with Gasteiger partial charge in [0, 0.05) is 18.6 Å². The smallest absolute Gasteiger partial charge is 0.328 e. The predicted molar refractivity (Wildman–Crippen MR) is 74.0 cm³/mol. The molecule has 0 unspecified atom stereocenters. The minimum Gasteiger partial charge on any atom is -0.478 e. The zero-order chi connectivity index (χ0) is 17.7. The second kappa shape index (κ2) is 11.9. The van der Waals surface area contributed by atoms with Gasteiger partial charge in [-0.2, -0.15) is 0 Å². The minimum atomic E-state index is -1.26. The summed E-state index contributed by atoms with van der Waals surface area (Å²) in [5, 5.41) is 27.5. The van der Waals surface area contributed by atoms with Crippen LogP contribution in [-0.2, 0) is 24.0 Å². The van der Waals surface area contributed by atoms with E-state index in [1.165, 1.54) is 0 Å². The third-order valence-electron chi connectivity index (χ3n) is 2.44. The van der Waals surface area contributed by atoms with E-state index < -0.39 is 17.0 Å². The number of carbonyl (C=O) groups excluding carboxylic acids is 1. The van der Waals surface area contributed by atoms with Crippen molar-refractivity contribution in [3.05, 3.63) is 22.3 Å². The summed E-state index contributed by atoms with van der Waals surface area (Å²) in [5.74, 6) is -2.80. The summed E-state index contributed by atoms with van der Waals surface area (Å²) >= 11 is 0. The Kier molecular flexibility index (Phi) is 10.5. The molecular weight excluding hydrogens is 316 g/mol. The molecule has 0 saturated carbocycles. The van der Waals surface area contributed by atoms with E-state index in [1.807, 2.05) is 0 Å². The minimum absolute atomic E-state index is 0.0433. The third-order valence-corrected chi connectivity index (χ3v) is 2.44. The van der Waals surface area contributed by atoms with Crippen molar-refractivity contribution in [2.75, 3.05) is 19.8 Å². The number of ether oxygens (including phenoxy) is 1. The lowest BCUT2D eigenvalue weighted by atomic mass is 10.2. The fraction of sp³-hybridized carbons (Fsp3) is 0.583. The average Bonchev–Trinajstić information content (AvgIpc) is 2.99. The number of hydrogen-bond donors (Lipinski definition) is 3. The summed E-state index contributed by atoms with van der Waals surface area (Å²) in [6.45, 7) is 0.952. The Morgan fingerprint density at radius 2 is 1.83 bits per heavy atom. The number of rotatable bonds is 8. The maximum absolute atomic E-state index is 11.3. The molecule has 0 aromatic rings. The van der Waals surface area contributed by atoms with Crippen LogP contribution >= 0.6 is 0 Å². The largest absolute Gasteiger partial charge is 0.478 e. The van der Waals surface area contributed by atoms with Crippen LogP contribution in [-0.4, -0.2) is 59.0 Å². The standard InChI is InChI=1S/C8H14N2O5.C4H4O4/c11-8(7-3-1-4-9-7)14-5-2-6-15-10(12)13;5-3(6)1-2-4(7)8/h7,9H,1-6H2;1-2H,(H,5,6)(H,7,8)/b;2-1-/t7-;/m0./s1. The highest BCUT2D eigenvalue weighted by Crippen LogP contribution is 2.06. The van der Waals surface area contributed by atoms with E-state index in [1.54, 1.807) is 0 Å². The van der Waals surface area contributed by atoms with Gasteiger partial charge in [-0.05, 0) is 19.4 Å². The maximum Gasteiger partial charge on any atom is 0.328 e. The molecule has 1 aliphatic rings. The van der Waals surface area contributed by atoms with E-state index in [4.69, 9.17) is 14.9 Å². The number of esters is 1. The first-order chi connectivity index (χ1) is 10.8. The van der Waals surface area contributed by atoms with Crippen LogP contribution in [0.25, 0.3) is 0 Å². The number of hydrogen-bond acceptors (Lipinski definition) is 8. The molecule has 1 rings (SSSR count). The fourth-order valence-electron chi connectivity index (χ4n) is 1.50. The zero-order valence-electron chi connectivity index (χ0n) is 12.2. The number of carboxylic acids is 2. The van der Waals surface area contributed by atoms with Gasteiger partial charge in [-0.3, -0.25) is 4.79 Å². The molecule has 0 bridgehead atoms. The van der Waals surface area contributed by atoms with Crippen molar-refractivity contribution in [1.82, 2.24) is 5.32 Å². The number of carboxylic acid groups (broad SMARTS) is 2. The quantitative estimate of drug-likeness (QED) is 0.175. The molecule has 1 atom stereocenters. The number of nitrogens with zero attached hydrogens (tertiary/aromatic N) is 1. The zero-order valence-corrected chi connectivity index (χ0v) is 12.2. The van der Waals surface area contributed by atoms with Crippen LogP contribution in [0.15, 0.2) is 12.2 Å². The summed E-state index contributed by atoms with van der Waals surface area (Å²) in [4.78, 5) is 44.2. The molecule has 3 N–H and O–H groups in total. The fourth-order valence-corrected chi connectivity index (χ4v) is 1.50. The van der Waals surface area contributed by atoms with Gasteiger partial charge in [0.2, 0.25) is 0 Å². The molecule has 1 heterocycles. The van der Waals surface area contributed by atoms with Gasteiger partial charge in [-0.25, -0.2) is 9.59 Å². The van der Waals surface area contributed by atoms with Crippen molar-refractivity contribution in [2.45, 2.75) is 25.3 Å². The van der Waals surface area contributed by atoms with Gasteiger partial charge in [0.15, 0.2) is 0 Å². The molecule has 0 amide bonds. The SMILES string of the molecule is O=C(O)/C=C\C(=O)O.O=C(OCCCO[N+](=O)[O-])[C@@H]1CCCN1. The Labute approximate surface area is 131 Å². The average molecular weight is 334 g/mol. The van der Waals surface area contributed by atoms with Crippen molar-refractivity contribution in [3.8, 4) is 0 Å². The predicted octanol–water partition coefficient (Wildman–Crippen LogP) is -0.408. The number of carbonyl (C=O) groups is 3. The molecule has 0 aliphatic carbocycles. The van der Waals surface area contributed by atoms with Crippen LogP contribution in [0.1, 0.15) is 19.3 Å².